The lowest BCUT2D eigenvalue weighted by molar-refractivity contribution is 0.199. The van der Waals surface area contributed by atoms with Crippen LogP contribution in [0.4, 0.5) is 0 Å². The quantitative estimate of drug-likeness (QED) is 0.796. The van der Waals surface area contributed by atoms with E-state index >= 15 is 0 Å². The lowest BCUT2D eigenvalue weighted by Gasteiger charge is -2.10. The van der Waals surface area contributed by atoms with E-state index in [2.05, 4.69) is 39.8 Å². The van der Waals surface area contributed by atoms with Crippen molar-refractivity contribution >= 4 is 23.3 Å². The molecule has 6 heteroatoms. The normalized spacial score (nSPS) is 10.8. The Kier molecular flexibility index (Phi) is 5.78. The van der Waals surface area contributed by atoms with Crippen LogP contribution >= 0.6 is 23.3 Å². The number of hydrogen-bond donors (Lipinski definition) is 1. The summed E-state index contributed by atoms with van der Waals surface area (Å²) < 4.78 is 10.0. The van der Waals surface area contributed by atoms with Crippen LogP contribution in [0.5, 0.6) is 0 Å². The number of methoxy groups -OCH3 is 1. The van der Waals surface area contributed by atoms with Crippen molar-refractivity contribution in [3.05, 3.63) is 35.7 Å². The molecular weight excluding hydrogens is 278 g/mol. The third kappa shape index (κ3) is 4.58. The molecule has 2 aromatic rings. The number of ether oxygens (including phenoxy) is 1. The van der Waals surface area contributed by atoms with Crippen LogP contribution in [0.3, 0.4) is 0 Å². The van der Waals surface area contributed by atoms with E-state index < -0.39 is 0 Å². The maximum atomic E-state index is 5.03. The Morgan fingerprint density at radius 3 is 3.05 bits per heavy atom. The summed E-state index contributed by atoms with van der Waals surface area (Å²) >= 11 is 3.09. The van der Waals surface area contributed by atoms with Gasteiger partial charge in [0.25, 0.3) is 0 Å². The van der Waals surface area contributed by atoms with Crippen molar-refractivity contribution in [1.29, 1.82) is 0 Å². The lowest BCUT2D eigenvalue weighted by atomic mass is 10.1. The Labute approximate surface area is 121 Å². The highest BCUT2D eigenvalue weighted by atomic mass is 32.2. The van der Waals surface area contributed by atoms with Gasteiger partial charge in [-0.05, 0) is 30.1 Å². The van der Waals surface area contributed by atoms with Crippen molar-refractivity contribution in [1.82, 2.24) is 14.7 Å². The minimum atomic E-state index is 0.727. The number of nitrogens with one attached hydrogen (secondary N) is 1. The van der Waals surface area contributed by atoms with Gasteiger partial charge in [0.2, 0.25) is 0 Å². The van der Waals surface area contributed by atoms with Crippen molar-refractivity contribution in [2.24, 2.45) is 0 Å². The maximum absolute atomic E-state index is 5.03. The molecule has 0 aliphatic carbocycles. The Balaban J connectivity index is 2.04. The highest BCUT2D eigenvalue weighted by Crippen LogP contribution is 2.31. The Morgan fingerprint density at radius 2 is 2.32 bits per heavy atom. The second-order valence-corrected chi connectivity index (χ2v) is 6.16. The van der Waals surface area contributed by atoms with Gasteiger partial charge in [0.15, 0.2) is 4.34 Å². The minimum absolute atomic E-state index is 0.727. The average molecular weight is 295 g/mol. The van der Waals surface area contributed by atoms with E-state index in [-0.39, 0.29) is 0 Å². The molecule has 102 valence electrons. The first-order valence-electron chi connectivity index (χ1n) is 6.03. The second kappa shape index (κ2) is 7.59. The van der Waals surface area contributed by atoms with Crippen molar-refractivity contribution in [3.8, 4) is 0 Å². The third-order valence-electron chi connectivity index (χ3n) is 2.55. The summed E-state index contributed by atoms with van der Waals surface area (Å²) in [6, 6.07) is 6.49. The molecule has 0 aliphatic heterocycles. The zero-order valence-corrected chi connectivity index (χ0v) is 12.7. The van der Waals surface area contributed by atoms with Crippen LogP contribution < -0.4 is 5.32 Å². The largest absolute Gasteiger partial charge is 0.383 e. The molecule has 0 aliphatic rings. The van der Waals surface area contributed by atoms with E-state index in [0.717, 1.165) is 24.0 Å². The summed E-state index contributed by atoms with van der Waals surface area (Å²) in [5, 5.41) is 3.38. The Hall–Kier alpha value is -0.950. The number of aromatic nitrogens is 2. The van der Waals surface area contributed by atoms with Crippen molar-refractivity contribution in [2.45, 2.75) is 22.7 Å². The monoisotopic (exact) mass is 295 g/mol. The molecule has 0 atom stereocenters. The van der Waals surface area contributed by atoms with Gasteiger partial charge in [-0.15, -0.1) is 0 Å². The van der Waals surface area contributed by atoms with Crippen LogP contribution in [0.1, 0.15) is 11.1 Å². The first-order valence-corrected chi connectivity index (χ1v) is 7.62. The number of aryl methyl sites for hydroxylation is 1. The van der Waals surface area contributed by atoms with Gasteiger partial charge in [0.05, 0.1) is 6.61 Å². The molecule has 1 aromatic carbocycles. The number of benzene rings is 1. The maximum Gasteiger partial charge on any atom is 0.174 e. The molecule has 0 fully saturated rings. The average Bonchev–Trinajstić information content (AvgIpc) is 2.90. The Bertz CT molecular complexity index is 503. The minimum Gasteiger partial charge on any atom is -0.383 e. The van der Waals surface area contributed by atoms with Crippen LogP contribution in [-0.4, -0.2) is 29.6 Å². The fourth-order valence-corrected chi connectivity index (χ4v) is 3.16. The molecule has 0 unspecified atom stereocenters. The highest BCUT2D eigenvalue weighted by Gasteiger charge is 2.07. The van der Waals surface area contributed by atoms with Crippen LogP contribution in [0.25, 0.3) is 0 Å². The predicted molar refractivity (Wildman–Crippen MR) is 78.8 cm³/mol. The number of hydrogen-bond acceptors (Lipinski definition) is 6. The number of nitrogens with zero attached hydrogens (tertiary/aromatic N) is 2. The van der Waals surface area contributed by atoms with Crippen molar-refractivity contribution in [2.75, 3.05) is 20.3 Å². The molecule has 1 N–H and O–H groups in total. The molecule has 0 spiro atoms. The summed E-state index contributed by atoms with van der Waals surface area (Å²) in [4.78, 5) is 5.44. The molecule has 0 saturated carbocycles. The van der Waals surface area contributed by atoms with E-state index in [9.17, 15) is 0 Å². The van der Waals surface area contributed by atoms with E-state index in [4.69, 9.17) is 4.74 Å². The smallest absolute Gasteiger partial charge is 0.174 e. The Morgan fingerprint density at radius 1 is 1.42 bits per heavy atom. The van der Waals surface area contributed by atoms with Gasteiger partial charge < -0.3 is 10.1 Å². The topological polar surface area (TPSA) is 47.0 Å². The molecule has 1 heterocycles. The molecule has 0 saturated heterocycles. The number of rotatable bonds is 7. The second-order valence-electron chi connectivity index (χ2n) is 4.09. The standard InChI is InChI=1S/C13H17N3OS2/c1-10-3-4-12(18-13-15-9-16-19-13)11(7-10)8-14-5-6-17-2/h3-4,7,9,14H,5-6,8H2,1-2H3. The van der Waals surface area contributed by atoms with Gasteiger partial charge in [-0.2, -0.15) is 4.37 Å². The molecular formula is C13H17N3OS2. The summed E-state index contributed by atoms with van der Waals surface area (Å²) in [7, 11) is 1.71. The molecule has 19 heavy (non-hydrogen) atoms. The van der Waals surface area contributed by atoms with Crippen LogP contribution in [-0.2, 0) is 11.3 Å². The summed E-state index contributed by atoms with van der Waals surface area (Å²) in [6.45, 7) is 4.53. The lowest BCUT2D eigenvalue weighted by Crippen LogP contribution is -2.18. The van der Waals surface area contributed by atoms with Gasteiger partial charge in [-0.25, -0.2) is 4.98 Å². The van der Waals surface area contributed by atoms with Crippen molar-refractivity contribution < 1.29 is 4.74 Å². The molecule has 2 rings (SSSR count). The first kappa shape index (κ1) is 14.5. The highest BCUT2D eigenvalue weighted by molar-refractivity contribution is 8.01. The molecule has 1 aromatic heterocycles. The summed E-state index contributed by atoms with van der Waals surface area (Å²) in [5.74, 6) is 0. The van der Waals surface area contributed by atoms with Gasteiger partial charge in [0, 0.05) is 25.1 Å². The fourth-order valence-electron chi connectivity index (χ4n) is 1.65. The summed E-state index contributed by atoms with van der Waals surface area (Å²) in [6.07, 6.45) is 1.59. The van der Waals surface area contributed by atoms with Gasteiger partial charge in [-0.3, -0.25) is 0 Å². The van der Waals surface area contributed by atoms with E-state index in [1.54, 1.807) is 25.2 Å². The zero-order valence-electron chi connectivity index (χ0n) is 11.0. The molecule has 0 radical (unpaired) electrons. The van der Waals surface area contributed by atoms with E-state index in [0.29, 0.717) is 0 Å². The predicted octanol–water partition coefficient (Wildman–Crippen LogP) is 2.73. The van der Waals surface area contributed by atoms with Crippen LogP contribution in [0.2, 0.25) is 0 Å². The third-order valence-corrected chi connectivity index (χ3v) is 4.39. The van der Waals surface area contributed by atoms with Gasteiger partial charge in [0.1, 0.15) is 6.33 Å². The van der Waals surface area contributed by atoms with Crippen molar-refractivity contribution in [3.63, 3.8) is 0 Å². The van der Waals surface area contributed by atoms with Crippen LogP contribution in [0.15, 0.2) is 33.8 Å². The van der Waals surface area contributed by atoms with E-state index in [1.165, 1.54) is 27.6 Å². The summed E-state index contributed by atoms with van der Waals surface area (Å²) in [5.41, 5.74) is 2.56. The molecule has 0 amide bonds. The van der Waals surface area contributed by atoms with E-state index in [1.807, 2.05) is 0 Å². The van der Waals surface area contributed by atoms with Crippen LogP contribution in [0, 0.1) is 6.92 Å². The van der Waals surface area contributed by atoms with Gasteiger partial charge in [-0.1, -0.05) is 29.5 Å². The SMILES string of the molecule is COCCNCc1cc(C)ccc1Sc1ncns1. The molecule has 4 nitrogen and oxygen atoms in total. The zero-order chi connectivity index (χ0) is 13.5. The first-order chi connectivity index (χ1) is 9.29. The fraction of sp³-hybridized carbons (Fsp3) is 0.385. The van der Waals surface area contributed by atoms with Gasteiger partial charge >= 0.3 is 0 Å². The molecule has 0 bridgehead atoms.